The number of halogens is 1. The highest BCUT2D eigenvalue weighted by atomic mass is 19.1. The van der Waals surface area contributed by atoms with Crippen LogP contribution in [-0.2, 0) is 9.47 Å². The van der Waals surface area contributed by atoms with E-state index in [1.165, 1.54) is 11.0 Å². The number of anilines is 2. The Morgan fingerprint density at radius 1 is 1.38 bits per heavy atom. The Balaban J connectivity index is 2.03. The molecule has 2 rings (SSSR count). The van der Waals surface area contributed by atoms with Crippen molar-refractivity contribution >= 4 is 23.6 Å². The molecule has 1 aliphatic rings. The number of amides is 2. The number of alkyl carbamates (subject to hydrolysis) is 1. The van der Waals surface area contributed by atoms with Gasteiger partial charge in [0.25, 0.3) is 0 Å². The summed E-state index contributed by atoms with van der Waals surface area (Å²) in [4.78, 5) is 26.8. The fourth-order valence-corrected chi connectivity index (χ4v) is 2.89. The molecule has 1 atom stereocenters. The second kappa shape index (κ2) is 9.75. The average molecular weight is 411 g/mol. The fraction of sp³-hybridized carbons (Fsp3) is 0.579. The lowest BCUT2D eigenvalue weighted by Gasteiger charge is -2.26. The van der Waals surface area contributed by atoms with Crippen LogP contribution in [0.2, 0.25) is 0 Å². The zero-order chi connectivity index (χ0) is 21.6. The molecule has 1 aromatic carbocycles. The van der Waals surface area contributed by atoms with Crippen molar-refractivity contribution in [2.75, 3.05) is 49.1 Å². The van der Waals surface area contributed by atoms with Crippen molar-refractivity contribution in [3.05, 3.63) is 24.0 Å². The van der Waals surface area contributed by atoms with E-state index in [9.17, 15) is 14.0 Å². The van der Waals surface area contributed by atoms with Crippen LogP contribution < -0.4 is 26.6 Å². The van der Waals surface area contributed by atoms with Crippen LogP contribution in [0.4, 0.5) is 25.4 Å². The average Bonchev–Trinajstić information content (AvgIpc) is 3.00. The first-order valence-corrected chi connectivity index (χ1v) is 9.54. The molecule has 10 heteroatoms. The van der Waals surface area contributed by atoms with Crippen molar-refractivity contribution in [3.63, 3.8) is 0 Å². The molecule has 162 valence electrons. The van der Waals surface area contributed by atoms with Crippen molar-refractivity contribution in [2.24, 2.45) is 11.5 Å². The Hall–Kier alpha value is -2.59. The van der Waals surface area contributed by atoms with E-state index in [-0.39, 0.29) is 19.6 Å². The molecule has 1 heterocycles. The number of nitrogens with one attached hydrogen (secondary N) is 1. The van der Waals surface area contributed by atoms with Gasteiger partial charge < -0.3 is 31.2 Å². The van der Waals surface area contributed by atoms with Gasteiger partial charge >= 0.3 is 12.2 Å². The van der Waals surface area contributed by atoms with Gasteiger partial charge in [0, 0.05) is 32.7 Å². The van der Waals surface area contributed by atoms with E-state index in [2.05, 4.69) is 5.32 Å². The monoisotopic (exact) mass is 411 g/mol. The maximum absolute atomic E-state index is 14.8. The summed E-state index contributed by atoms with van der Waals surface area (Å²) >= 11 is 0. The second-order valence-corrected chi connectivity index (χ2v) is 7.69. The molecular weight excluding hydrogens is 381 g/mol. The number of hydrogen-bond acceptors (Lipinski definition) is 7. The molecule has 0 bridgehead atoms. The van der Waals surface area contributed by atoms with Gasteiger partial charge in [-0.05, 0) is 39.0 Å². The number of cyclic esters (lactones) is 1. The Bertz CT molecular complexity index is 725. The first-order valence-electron chi connectivity index (χ1n) is 9.54. The SMILES string of the molecule is CC(C)(C)OC(=O)NCCN(CCN)c1ccc(N2C[C@H](CN)OC2=O)cc1F. The third-order valence-electron chi connectivity index (χ3n) is 4.17. The Kier molecular flexibility index (Phi) is 7.63. The lowest BCUT2D eigenvalue weighted by molar-refractivity contribution is 0.0529. The molecule has 0 aliphatic carbocycles. The van der Waals surface area contributed by atoms with Crippen LogP contribution in [0.15, 0.2) is 18.2 Å². The van der Waals surface area contributed by atoms with Gasteiger partial charge in [-0.25, -0.2) is 14.0 Å². The van der Waals surface area contributed by atoms with E-state index in [1.54, 1.807) is 37.8 Å². The number of rotatable bonds is 8. The molecule has 0 radical (unpaired) electrons. The number of nitrogens with two attached hydrogens (primary N) is 2. The maximum Gasteiger partial charge on any atom is 0.414 e. The minimum atomic E-state index is -0.595. The normalized spacial score (nSPS) is 16.6. The van der Waals surface area contributed by atoms with Gasteiger partial charge in [-0.3, -0.25) is 4.90 Å². The summed E-state index contributed by atoms with van der Waals surface area (Å²) in [5.74, 6) is -0.503. The van der Waals surface area contributed by atoms with Crippen molar-refractivity contribution < 1.29 is 23.5 Å². The number of nitrogens with zero attached hydrogens (tertiary/aromatic N) is 2. The largest absolute Gasteiger partial charge is 0.444 e. The first-order chi connectivity index (χ1) is 13.6. The van der Waals surface area contributed by atoms with Crippen LogP contribution in [0.5, 0.6) is 0 Å². The van der Waals surface area contributed by atoms with Crippen molar-refractivity contribution in [1.29, 1.82) is 0 Å². The van der Waals surface area contributed by atoms with E-state index in [4.69, 9.17) is 20.9 Å². The molecule has 29 heavy (non-hydrogen) atoms. The maximum atomic E-state index is 14.8. The van der Waals surface area contributed by atoms with E-state index in [1.807, 2.05) is 0 Å². The summed E-state index contributed by atoms with van der Waals surface area (Å²) in [5, 5.41) is 2.64. The highest BCUT2D eigenvalue weighted by molar-refractivity contribution is 5.90. The van der Waals surface area contributed by atoms with Gasteiger partial charge in [0.05, 0.1) is 17.9 Å². The van der Waals surface area contributed by atoms with E-state index in [0.717, 1.165) is 0 Å². The molecule has 0 unspecified atom stereocenters. The Morgan fingerprint density at radius 3 is 2.66 bits per heavy atom. The quantitative estimate of drug-likeness (QED) is 0.591. The minimum Gasteiger partial charge on any atom is -0.444 e. The van der Waals surface area contributed by atoms with Crippen molar-refractivity contribution in [1.82, 2.24) is 5.32 Å². The second-order valence-electron chi connectivity index (χ2n) is 7.69. The fourth-order valence-electron chi connectivity index (χ4n) is 2.89. The lowest BCUT2D eigenvalue weighted by Crippen LogP contribution is -2.40. The van der Waals surface area contributed by atoms with Gasteiger partial charge in [0.1, 0.15) is 17.5 Å². The molecule has 1 aliphatic heterocycles. The third-order valence-corrected chi connectivity index (χ3v) is 4.17. The summed E-state index contributed by atoms with van der Waals surface area (Å²) in [6.07, 6.45) is -1.49. The highest BCUT2D eigenvalue weighted by Gasteiger charge is 2.32. The van der Waals surface area contributed by atoms with Gasteiger partial charge in [0.2, 0.25) is 0 Å². The van der Waals surface area contributed by atoms with Crippen LogP contribution >= 0.6 is 0 Å². The van der Waals surface area contributed by atoms with Gasteiger partial charge in [-0.2, -0.15) is 0 Å². The Labute approximate surface area is 170 Å². The van der Waals surface area contributed by atoms with Gasteiger partial charge in [-0.15, -0.1) is 0 Å². The van der Waals surface area contributed by atoms with Crippen molar-refractivity contribution in [3.8, 4) is 0 Å². The molecule has 5 N–H and O–H groups in total. The number of hydrogen-bond donors (Lipinski definition) is 3. The first kappa shape index (κ1) is 22.7. The van der Waals surface area contributed by atoms with Gasteiger partial charge in [-0.1, -0.05) is 0 Å². The molecule has 0 saturated carbocycles. The predicted octanol–water partition coefficient (Wildman–Crippen LogP) is 1.40. The van der Waals surface area contributed by atoms with Crippen LogP contribution in [-0.4, -0.2) is 63.2 Å². The topological polar surface area (TPSA) is 123 Å². The summed E-state index contributed by atoms with van der Waals surface area (Å²) in [6, 6.07) is 4.50. The van der Waals surface area contributed by atoms with E-state index < -0.39 is 29.7 Å². The predicted molar refractivity (Wildman–Crippen MR) is 109 cm³/mol. The molecule has 0 spiro atoms. The van der Waals surface area contributed by atoms with Crippen LogP contribution in [0.25, 0.3) is 0 Å². The number of carbonyl (C=O) groups excluding carboxylic acids is 2. The summed E-state index contributed by atoms with van der Waals surface area (Å²) in [6.45, 7) is 7.11. The number of ether oxygens (including phenoxy) is 2. The number of carbonyl (C=O) groups is 2. The third kappa shape index (κ3) is 6.47. The van der Waals surface area contributed by atoms with Crippen LogP contribution in [0, 0.1) is 5.82 Å². The summed E-state index contributed by atoms with van der Waals surface area (Å²) < 4.78 is 25.1. The molecular formula is C19H30FN5O4. The lowest BCUT2D eigenvalue weighted by atomic mass is 10.2. The Morgan fingerprint density at radius 2 is 2.10 bits per heavy atom. The minimum absolute atomic E-state index is 0.206. The van der Waals surface area contributed by atoms with Crippen molar-refractivity contribution in [2.45, 2.75) is 32.5 Å². The van der Waals surface area contributed by atoms with Crippen LogP contribution in [0.3, 0.4) is 0 Å². The van der Waals surface area contributed by atoms with E-state index in [0.29, 0.717) is 31.0 Å². The molecule has 1 fully saturated rings. The van der Waals surface area contributed by atoms with Gasteiger partial charge in [0.15, 0.2) is 0 Å². The summed E-state index contributed by atoms with van der Waals surface area (Å²) in [5.41, 5.74) is 11.3. The zero-order valence-electron chi connectivity index (χ0n) is 17.1. The molecule has 1 saturated heterocycles. The molecule has 0 aromatic heterocycles. The molecule has 2 amide bonds. The number of benzene rings is 1. The summed E-state index contributed by atoms with van der Waals surface area (Å²) in [7, 11) is 0. The van der Waals surface area contributed by atoms with E-state index >= 15 is 0 Å². The van der Waals surface area contributed by atoms with Crippen LogP contribution in [0.1, 0.15) is 20.8 Å². The standard InChI is InChI=1S/C19H30FN5O4/c1-19(2,3)29-17(26)23-7-9-24(8-6-21)16-5-4-13(10-15(16)20)25-12-14(11-22)28-18(25)27/h4-5,10,14H,6-9,11-12,21-22H2,1-3H3,(H,23,26)/t14-/m0/s1. The zero-order valence-corrected chi connectivity index (χ0v) is 17.1. The highest BCUT2D eigenvalue weighted by Crippen LogP contribution is 2.27. The smallest absolute Gasteiger partial charge is 0.414 e. The molecule has 9 nitrogen and oxygen atoms in total. The molecule has 1 aromatic rings.